The van der Waals surface area contributed by atoms with Crippen molar-refractivity contribution in [1.29, 1.82) is 0 Å². The van der Waals surface area contributed by atoms with Crippen LogP contribution >= 0.6 is 0 Å². The molecule has 0 fully saturated rings. The maximum absolute atomic E-state index is 12.2. The Hall–Kier alpha value is -4.13. The van der Waals surface area contributed by atoms with Crippen molar-refractivity contribution in [3.63, 3.8) is 0 Å². The third-order valence-corrected chi connectivity index (χ3v) is 3.56. The van der Waals surface area contributed by atoms with E-state index in [2.05, 4.69) is 15.8 Å². The number of phenolic OH excluding ortho intramolecular Hbond substituents is 1. The molecule has 0 spiro atoms. The first-order valence-electron chi connectivity index (χ1n) is 8.36. The minimum Gasteiger partial charge on any atom is -0.508 e. The molecule has 0 atom stereocenters. The predicted molar refractivity (Wildman–Crippen MR) is 104 cm³/mol. The van der Waals surface area contributed by atoms with Crippen molar-refractivity contribution in [1.82, 2.24) is 15.8 Å². The lowest BCUT2D eigenvalue weighted by molar-refractivity contribution is -0.117. The number of rotatable bonds is 5. The summed E-state index contributed by atoms with van der Waals surface area (Å²) in [4.78, 5) is 28.0. The van der Waals surface area contributed by atoms with Crippen molar-refractivity contribution < 1.29 is 19.4 Å². The topological polar surface area (TPSA) is 101 Å². The van der Waals surface area contributed by atoms with Crippen molar-refractivity contribution in [2.24, 2.45) is 0 Å². The number of phenols is 1. The maximum Gasteiger partial charge on any atom is 0.288 e. The molecule has 0 saturated carbocycles. The lowest BCUT2D eigenvalue weighted by Gasteiger charge is -2.08. The van der Waals surface area contributed by atoms with Crippen molar-refractivity contribution in [2.45, 2.75) is 0 Å². The Morgan fingerprint density at radius 2 is 1.68 bits per heavy atom. The molecule has 0 radical (unpaired) electrons. The van der Waals surface area contributed by atoms with Gasteiger partial charge in [-0.25, -0.2) is 0 Å². The third kappa shape index (κ3) is 5.43. The van der Waals surface area contributed by atoms with Crippen molar-refractivity contribution in [3.05, 3.63) is 90.3 Å². The lowest BCUT2D eigenvalue weighted by atomic mass is 10.2. The quantitative estimate of drug-likeness (QED) is 0.470. The van der Waals surface area contributed by atoms with E-state index >= 15 is 0 Å². The Kier molecular flexibility index (Phi) is 5.99. The third-order valence-electron chi connectivity index (χ3n) is 3.56. The van der Waals surface area contributed by atoms with E-state index in [1.165, 1.54) is 30.5 Å². The number of carbonyl (C=O) groups is 2. The van der Waals surface area contributed by atoms with Crippen LogP contribution in [0.4, 0.5) is 0 Å². The predicted octanol–water partition coefficient (Wildman–Crippen LogP) is 3.05. The molecule has 0 unspecified atom stereocenters. The van der Waals surface area contributed by atoms with Crippen LogP contribution in [0.5, 0.6) is 17.2 Å². The molecule has 2 aromatic carbocycles. The van der Waals surface area contributed by atoms with Gasteiger partial charge in [-0.05, 0) is 42.0 Å². The number of hydrogen-bond donors (Lipinski definition) is 3. The van der Waals surface area contributed by atoms with Gasteiger partial charge in [-0.15, -0.1) is 0 Å². The van der Waals surface area contributed by atoms with Gasteiger partial charge >= 0.3 is 0 Å². The summed E-state index contributed by atoms with van der Waals surface area (Å²) in [5, 5.41) is 9.22. The maximum atomic E-state index is 12.2. The van der Waals surface area contributed by atoms with Crippen LogP contribution in [0.2, 0.25) is 0 Å². The number of aromatic hydroxyl groups is 1. The van der Waals surface area contributed by atoms with Crippen LogP contribution in [0, 0.1) is 0 Å². The number of nitrogens with zero attached hydrogens (tertiary/aromatic N) is 1. The monoisotopic (exact) mass is 375 g/mol. The van der Waals surface area contributed by atoms with Gasteiger partial charge in [0, 0.05) is 18.3 Å². The fourth-order valence-electron chi connectivity index (χ4n) is 2.20. The van der Waals surface area contributed by atoms with Crippen LogP contribution in [0.15, 0.2) is 79.0 Å². The highest BCUT2D eigenvalue weighted by Gasteiger charge is 2.09. The average molecular weight is 375 g/mol. The van der Waals surface area contributed by atoms with Crippen LogP contribution in [0.1, 0.15) is 16.1 Å². The first-order chi connectivity index (χ1) is 13.6. The number of pyridine rings is 1. The van der Waals surface area contributed by atoms with E-state index in [4.69, 9.17) is 4.74 Å². The zero-order valence-corrected chi connectivity index (χ0v) is 14.7. The highest BCUT2D eigenvalue weighted by Crippen LogP contribution is 2.20. The van der Waals surface area contributed by atoms with Gasteiger partial charge in [0.2, 0.25) is 0 Å². The Balaban J connectivity index is 1.55. The molecule has 28 heavy (non-hydrogen) atoms. The number of benzene rings is 2. The molecule has 1 heterocycles. The van der Waals surface area contributed by atoms with Gasteiger partial charge < -0.3 is 9.84 Å². The number of amides is 2. The molecular weight excluding hydrogens is 358 g/mol. The van der Waals surface area contributed by atoms with E-state index in [1.54, 1.807) is 36.4 Å². The largest absolute Gasteiger partial charge is 0.508 e. The highest BCUT2D eigenvalue weighted by atomic mass is 16.5. The van der Waals surface area contributed by atoms with Gasteiger partial charge in [0.05, 0.1) is 0 Å². The lowest BCUT2D eigenvalue weighted by Crippen LogP contribution is -2.41. The van der Waals surface area contributed by atoms with Gasteiger partial charge in [0.15, 0.2) is 0 Å². The number of ether oxygens (including phenoxy) is 1. The molecule has 0 aliphatic carbocycles. The fraction of sp³-hybridized carbons (Fsp3) is 0. The van der Waals surface area contributed by atoms with E-state index in [0.717, 1.165) is 5.56 Å². The average Bonchev–Trinajstić information content (AvgIpc) is 2.72. The van der Waals surface area contributed by atoms with E-state index in [9.17, 15) is 14.7 Å². The molecule has 3 rings (SSSR count). The van der Waals surface area contributed by atoms with Crippen LogP contribution in [0.25, 0.3) is 6.08 Å². The number of carbonyl (C=O) groups excluding carboxylic acids is 2. The van der Waals surface area contributed by atoms with E-state index in [0.29, 0.717) is 11.5 Å². The summed E-state index contributed by atoms with van der Waals surface area (Å²) in [5.74, 6) is 0.125. The smallest absolute Gasteiger partial charge is 0.288 e. The van der Waals surface area contributed by atoms with Gasteiger partial charge in [-0.3, -0.25) is 25.4 Å². The van der Waals surface area contributed by atoms with E-state index in [1.807, 2.05) is 18.2 Å². The number of para-hydroxylation sites is 1. The Labute approximate surface area is 161 Å². The van der Waals surface area contributed by atoms with Crippen molar-refractivity contribution >= 4 is 17.9 Å². The second-order valence-corrected chi connectivity index (χ2v) is 5.66. The Bertz CT molecular complexity index is 986. The molecule has 3 N–H and O–H groups in total. The zero-order chi connectivity index (χ0) is 19.8. The van der Waals surface area contributed by atoms with Gasteiger partial charge in [-0.1, -0.05) is 30.3 Å². The number of aromatic nitrogens is 1. The van der Waals surface area contributed by atoms with Crippen LogP contribution in [0.3, 0.4) is 0 Å². The van der Waals surface area contributed by atoms with Gasteiger partial charge in [0.1, 0.15) is 22.9 Å². The number of nitrogens with one attached hydrogen (secondary N) is 2. The molecule has 0 aliphatic heterocycles. The summed E-state index contributed by atoms with van der Waals surface area (Å²) in [7, 11) is 0. The normalized spacial score (nSPS) is 10.4. The summed E-state index contributed by atoms with van der Waals surface area (Å²) in [6.45, 7) is 0. The van der Waals surface area contributed by atoms with E-state index < -0.39 is 11.8 Å². The van der Waals surface area contributed by atoms with Gasteiger partial charge in [-0.2, -0.15) is 0 Å². The molecule has 2 amide bonds. The summed E-state index contributed by atoms with van der Waals surface area (Å²) < 4.78 is 5.65. The highest BCUT2D eigenvalue weighted by molar-refractivity contribution is 5.97. The van der Waals surface area contributed by atoms with Crippen LogP contribution in [-0.4, -0.2) is 21.9 Å². The zero-order valence-electron chi connectivity index (χ0n) is 14.7. The summed E-state index contributed by atoms with van der Waals surface area (Å²) in [6, 6.07) is 18.6. The molecule has 7 heteroatoms. The fourth-order valence-corrected chi connectivity index (χ4v) is 2.20. The molecule has 7 nitrogen and oxygen atoms in total. The summed E-state index contributed by atoms with van der Waals surface area (Å²) in [5.41, 5.74) is 5.39. The van der Waals surface area contributed by atoms with Crippen LogP contribution in [-0.2, 0) is 4.79 Å². The molecular formula is C21H17N3O4. The summed E-state index contributed by atoms with van der Waals surface area (Å²) in [6.07, 6.45) is 4.25. The SMILES string of the molecule is O=C(C=Cc1ccc(O)cc1)NNC(=O)c1cc(Oc2ccccc2)ccn1. The van der Waals surface area contributed by atoms with Crippen molar-refractivity contribution in [3.8, 4) is 17.2 Å². The first kappa shape index (κ1) is 18.7. The minimum atomic E-state index is -0.579. The van der Waals surface area contributed by atoms with Gasteiger partial charge in [0.25, 0.3) is 11.8 Å². The minimum absolute atomic E-state index is 0.0937. The first-order valence-corrected chi connectivity index (χ1v) is 8.36. The van der Waals surface area contributed by atoms with Crippen LogP contribution < -0.4 is 15.6 Å². The number of hydrazine groups is 1. The van der Waals surface area contributed by atoms with Crippen molar-refractivity contribution in [2.75, 3.05) is 0 Å². The second-order valence-electron chi connectivity index (χ2n) is 5.66. The molecule has 0 saturated heterocycles. The molecule has 3 aromatic rings. The molecule has 0 aliphatic rings. The molecule has 140 valence electrons. The Morgan fingerprint density at radius 3 is 2.43 bits per heavy atom. The standard InChI is InChI=1S/C21H17N3O4/c25-16-9-6-15(7-10-16)8-11-20(26)23-24-21(27)19-14-18(12-13-22-19)28-17-4-2-1-3-5-17/h1-14,25H,(H,23,26)(H,24,27). The second kappa shape index (κ2) is 9.00. The Morgan fingerprint density at radius 1 is 0.929 bits per heavy atom. The molecule has 0 bridgehead atoms. The van der Waals surface area contributed by atoms with E-state index in [-0.39, 0.29) is 11.4 Å². The summed E-state index contributed by atoms with van der Waals surface area (Å²) >= 11 is 0. The molecule has 1 aromatic heterocycles. The number of hydrogen-bond acceptors (Lipinski definition) is 5.